The van der Waals surface area contributed by atoms with E-state index in [-0.39, 0.29) is 24.2 Å². The molecular formula is C29H28ClF4N5O2. The highest BCUT2D eigenvalue weighted by molar-refractivity contribution is 6.31. The molecule has 12 heteroatoms. The fourth-order valence-corrected chi connectivity index (χ4v) is 5.29. The third kappa shape index (κ3) is 6.19. The summed E-state index contributed by atoms with van der Waals surface area (Å²) in [5, 5.41) is 3.36. The molecular weight excluding hydrogens is 562 g/mol. The Morgan fingerprint density at radius 3 is 2.51 bits per heavy atom. The van der Waals surface area contributed by atoms with Gasteiger partial charge in [-0.25, -0.2) is 9.37 Å². The number of piperazine rings is 1. The van der Waals surface area contributed by atoms with E-state index in [0.29, 0.717) is 52.9 Å². The van der Waals surface area contributed by atoms with Gasteiger partial charge in [-0.05, 0) is 74.4 Å². The van der Waals surface area contributed by atoms with Gasteiger partial charge in [0.2, 0.25) is 0 Å². The Balaban J connectivity index is 1.21. The Kier molecular flexibility index (Phi) is 7.74. The van der Waals surface area contributed by atoms with Gasteiger partial charge in [0.15, 0.2) is 0 Å². The highest BCUT2D eigenvalue weighted by atomic mass is 35.5. The van der Waals surface area contributed by atoms with E-state index in [0.717, 1.165) is 11.3 Å². The van der Waals surface area contributed by atoms with Crippen molar-refractivity contribution < 1.29 is 27.1 Å². The summed E-state index contributed by atoms with van der Waals surface area (Å²) in [6.07, 6.45) is -3.08. The number of nitrogens with one attached hydrogen (secondary N) is 1. The second-order valence-electron chi connectivity index (χ2n) is 10.1. The predicted molar refractivity (Wildman–Crippen MR) is 149 cm³/mol. The average molecular weight is 590 g/mol. The Hall–Kier alpha value is -3.99. The molecule has 0 aliphatic carbocycles. The summed E-state index contributed by atoms with van der Waals surface area (Å²) in [4.78, 5) is 21.4. The Morgan fingerprint density at radius 1 is 1.12 bits per heavy atom. The van der Waals surface area contributed by atoms with Crippen molar-refractivity contribution in [3.63, 3.8) is 0 Å². The number of benzene rings is 2. The molecule has 2 aromatic carbocycles. The molecule has 1 saturated heterocycles. The van der Waals surface area contributed by atoms with Crippen molar-refractivity contribution in [3.05, 3.63) is 88.1 Å². The third-order valence-electron chi connectivity index (χ3n) is 7.13. The van der Waals surface area contributed by atoms with Crippen molar-refractivity contribution >= 4 is 34.5 Å². The van der Waals surface area contributed by atoms with Gasteiger partial charge < -0.3 is 19.9 Å². The molecule has 0 spiro atoms. The molecule has 7 nitrogen and oxygen atoms in total. The van der Waals surface area contributed by atoms with Crippen LogP contribution in [-0.4, -0.2) is 47.3 Å². The van der Waals surface area contributed by atoms with Gasteiger partial charge >= 0.3 is 6.36 Å². The first-order valence-electron chi connectivity index (χ1n) is 13.0. The summed E-state index contributed by atoms with van der Waals surface area (Å²) >= 11 is 6.25. The van der Waals surface area contributed by atoms with Crippen LogP contribution in [0.5, 0.6) is 5.75 Å². The Labute approximate surface area is 239 Å². The molecule has 1 amide bonds. The molecule has 1 aliphatic rings. The number of carbonyl (C=O) groups excluding carboxylic acids is 1. The van der Waals surface area contributed by atoms with Crippen LogP contribution in [0.3, 0.4) is 0 Å². The smallest absolute Gasteiger partial charge is 0.406 e. The lowest BCUT2D eigenvalue weighted by molar-refractivity contribution is -0.274. The molecule has 1 fully saturated rings. The molecule has 4 aromatic rings. The lowest BCUT2D eigenvalue weighted by atomic mass is 10.1. The zero-order valence-corrected chi connectivity index (χ0v) is 23.4. The summed E-state index contributed by atoms with van der Waals surface area (Å²) < 4.78 is 58.2. The number of alkyl halides is 3. The standard InChI is InChI=1S/C29H28ClF4N5O2/c1-17-12-26-36-19(3)27(39(26)16-23(17)30)28(40)35-14-20-4-9-25(24(31)13-20)37-10-11-38(18(2)15-37)21-5-7-22(8-6-21)41-29(32,33)34/h4-9,12-13,16,18H,10-11,14-15H2,1-3H3,(H,35,40)/t18-/m0/s1. The van der Waals surface area contributed by atoms with Gasteiger partial charge in [0.05, 0.1) is 16.4 Å². The van der Waals surface area contributed by atoms with Gasteiger partial charge in [-0.3, -0.25) is 9.20 Å². The van der Waals surface area contributed by atoms with Gasteiger partial charge in [0, 0.05) is 44.1 Å². The molecule has 41 heavy (non-hydrogen) atoms. The van der Waals surface area contributed by atoms with Crippen molar-refractivity contribution in [1.82, 2.24) is 14.7 Å². The van der Waals surface area contributed by atoms with Crippen LogP contribution in [0.1, 0.15) is 34.2 Å². The first-order valence-corrected chi connectivity index (χ1v) is 13.4. The molecule has 0 saturated carbocycles. The number of rotatable bonds is 6. The van der Waals surface area contributed by atoms with Crippen molar-refractivity contribution in [2.24, 2.45) is 0 Å². The second-order valence-corrected chi connectivity index (χ2v) is 10.5. The minimum Gasteiger partial charge on any atom is -0.406 e. The van der Waals surface area contributed by atoms with Crippen molar-refractivity contribution in [1.29, 1.82) is 0 Å². The minimum atomic E-state index is -4.74. The van der Waals surface area contributed by atoms with E-state index in [1.807, 2.05) is 24.8 Å². The number of ether oxygens (including phenoxy) is 1. The number of imidazole rings is 1. The minimum absolute atomic E-state index is 0.0255. The highest BCUT2D eigenvalue weighted by Crippen LogP contribution is 2.29. The number of amides is 1. The van der Waals surface area contributed by atoms with E-state index in [4.69, 9.17) is 11.6 Å². The first-order chi connectivity index (χ1) is 19.4. The van der Waals surface area contributed by atoms with Crippen LogP contribution >= 0.6 is 11.6 Å². The molecule has 0 radical (unpaired) electrons. The number of fused-ring (bicyclic) bond motifs is 1. The maximum absolute atomic E-state index is 15.2. The van der Waals surface area contributed by atoms with E-state index in [1.54, 1.807) is 41.8 Å². The Morgan fingerprint density at radius 2 is 1.85 bits per heavy atom. The average Bonchev–Trinajstić information content (AvgIpc) is 3.21. The maximum atomic E-state index is 15.2. The third-order valence-corrected chi connectivity index (χ3v) is 7.52. The zero-order chi connectivity index (χ0) is 29.5. The van der Waals surface area contributed by atoms with E-state index in [1.165, 1.54) is 18.2 Å². The molecule has 216 valence electrons. The van der Waals surface area contributed by atoms with E-state index in [2.05, 4.69) is 19.9 Å². The SMILES string of the molecule is Cc1cc2nc(C)c(C(=O)NCc3ccc(N4CCN(c5ccc(OC(F)(F)F)cc5)[C@@H](C)C4)c(F)c3)n2cc1Cl. The number of anilines is 2. The molecule has 3 heterocycles. The van der Waals surface area contributed by atoms with Crippen LogP contribution in [0.25, 0.3) is 5.65 Å². The summed E-state index contributed by atoms with van der Waals surface area (Å²) in [6, 6.07) is 12.4. The molecule has 2 aromatic heterocycles. The maximum Gasteiger partial charge on any atom is 0.573 e. The molecule has 0 bridgehead atoms. The number of aryl methyl sites for hydroxylation is 2. The van der Waals surface area contributed by atoms with E-state index in [9.17, 15) is 18.0 Å². The predicted octanol–water partition coefficient (Wildman–Crippen LogP) is 6.29. The molecule has 0 unspecified atom stereocenters. The van der Waals surface area contributed by atoms with Gasteiger partial charge in [0.1, 0.15) is 22.9 Å². The van der Waals surface area contributed by atoms with Gasteiger partial charge in [-0.15, -0.1) is 13.2 Å². The molecule has 1 aliphatic heterocycles. The highest BCUT2D eigenvalue weighted by Gasteiger charge is 2.31. The lowest BCUT2D eigenvalue weighted by Gasteiger charge is -2.42. The van der Waals surface area contributed by atoms with Gasteiger partial charge in [0.25, 0.3) is 5.91 Å². The van der Waals surface area contributed by atoms with Crippen molar-refractivity contribution in [3.8, 4) is 5.75 Å². The van der Waals surface area contributed by atoms with E-state index >= 15 is 4.39 Å². The quantitative estimate of drug-likeness (QED) is 0.268. The van der Waals surface area contributed by atoms with Crippen LogP contribution in [0.4, 0.5) is 28.9 Å². The lowest BCUT2D eigenvalue weighted by Crippen LogP contribution is -2.52. The summed E-state index contributed by atoms with van der Waals surface area (Å²) in [6.45, 7) is 7.31. The van der Waals surface area contributed by atoms with Crippen molar-refractivity contribution in [2.45, 2.75) is 39.7 Å². The summed E-state index contributed by atoms with van der Waals surface area (Å²) in [7, 11) is 0. The summed E-state index contributed by atoms with van der Waals surface area (Å²) in [5.74, 6) is -1.03. The number of aromatic nitrogens is 2. The zero-order valence-electron chi connectivity index (χ0n) is 22.6. The number of carbonyl (C=O) groups is 1. The fraction of sp³-hybridized carbons (Fsp3) is 0.310. The van der Waals surface area contributed by atoms with Crippen LogP contribution in [-0.2, 0) is 6.54 Å². The second kappa shape index (κ2) is 11.1. The number of hydrogen-bond donors (Lipinski definition) is 1. The van der Waals surface area contributed by atoms with Gasteiger partial charge in [-0.1, -0.05) is 17.7 Å². The molecule has 1 atom stereocenters. The Bertz CT molecular complexity index is 1590. The van der Waals surface area contributed by atoms with Crippen molar-refractivity contribution in [2.75, 3.05) is 29.4 Å². The van der Waals surface area contributed by atoms with Gasteiger partial charge in [-0.2, -0.15) is 0 Å². The number of pyridine rings is 1. The van der Waals surface area contributed by atoms with Crippen LogP contribution in [0.2, 0.25) is 5.02 Å². The largest absolute Gasteiger partial charge is 0.573 e. The molecule has 1 N–H and O–H groups in total. The van der Waals surface area contributed by atoms with Crippen LogP contribution < -0.4 is 19.9 Å². The summed E-state index contributed by atoms with van der Waals surface area (Å²) in [5.41, 5.74) is 4.22. The number of hydrogen-bond acceptors (Lipinski definition) is 5. The number of halogens is 5. The topological polar surface area (TPSA) is 62.1 Å². The monoisotopic (exact) mass is 589 g/mol. The normalized spacial score (nSPS) is 15.9. The fourth-order valence-electron chi connectivity index (χ4n) is 5.13. The van der Waals surface area contributed by atoms with Crippen LogP contribution in [0.15, 0.2) is 54.7 Å². The van der Waals surface area contributed by atoms with Crippen LogP contribution in [0, 0.1) is 19.7 Å². The number of nitrogens with zero attached hydrogens (tertiary/aromatic N) is 4. The van der Waals surface area contributed by atoms with E-state index < -0.39 is 12.2 Å². The first kappa shape index (κ1) is 28.5. The molecule has 5 rings (SSSR count).